The standard InChI is InChI=1S/C23H26N4O4/c1-25(2)21(13-17-14-24-19-10-7-11-20(22(17)19)27(30)31)23(29)26(3)18(15-28)12-16-8-5-4-6-9-16/h4-11,14-15,18,21,24H,12-13H2,1-3H3. The van der Waals surface area contributed by atoms with Crippen molar-refractivity contribution < 1.29 is 14.5 Å². The van der Waals surface area contributed by atoms with Crippen LogP contribution in [0.1, 0.15) is 11.1 Å². The fraction of sp³-hybridized carbons (Fsp3) is 0.304. The van der Waals surface area contributed by atoms with Gasteiger partial charge in [0.05, 0.1) is 27.9 Å². The largest absolute Gasteiger partial charge is 0.361 e. The Morgan fingerprint density at radius 1 is 1.10 bits per heavy atom. The number of amides is 1. The fourth-order valence-electron chi connectivity index (χ4n) is 3.78. The zero-order chi connectivity index (χ0) is 22.5. The van der Waals surface area contributed by atoms with Gasteiger partial charge in [0.25, 0.3) is 5.69 Å². The number of benzene rings is 2. The molecule has 1 amide bonds. The van der Waals surface area contributed by atoms with E-state index in [9.17, 15) is 19.7 Å². The number of nitrogens with one attached hydrogen (secondary N) is 1. The van der Waals surface area contributed by atoms with Crippen LogP contribution in [0.25, 0.3) is 10.9 Å². The van der Waals surface area contributed by atoms with Crippen LogP contribution in [0.3, 0.4) is 0 Å². The molecule has 2 atom stereocenters. The van der Waals surface area contributed by atoms with E-state index in [1.165, 1.54) is 11.0 Å². The van der Waals surface area contributed by atoms with Crippen molar-refractivity contribution in [3.63, 3.8) is 0 Å². The maximum atomic E-state index is 13.3. The monoisotopic (exact) mass is 422 g/mol. The number of nitrogens with zero attached hydrogens (tertiary/aromatic N) is 3. The maximum Gasteiger partial charge on any atom is 0.279 e. The molecule has 1 heterocycles. The van der Waals surface area contributed by atoms with Gasteiger partial charge in [-0.1, -0.05) is 36.4 Å². The summed E-state index contributed by atoms with van der Waals surface area (Å²) in [6.45, 7) is 0. The predicted molar refractivity (Wildman–Crippen MR) is 119 cm³/mol. The highest BCUT2D eigenvalue weighted by Crippen LogP contribution is 2.30. The summed E-state index contributed by atoms with van der Waals surface area (Å²) in [4.78, 5) is 42.5. The van der Waals surface area contributed by atoms with Crippen LogP contribution < -0.4 is 0 Å². The van der Waals surface area contributed by atoms with Gasteiger partial charge in [0.2, 0.25) is 5.91 Å². The Balaban J connectivity index is 1.86. The molecule has 1 N–H and O–H groups in total. The molecule has 3 aromatic rings. The van der Waals surface area contributed by atoms with Gasteiger partial charge < -0.3 is 14.7 Å². The maximum absolute atomic E-state index is 13.3. The minimum absolute atomic E-state index is 0.00176. The molecule has 8 nitrogen and oxygen atoms in total. The van der Waals surface area contributed by atoms with Gasteiger partial charge in [0, 0.05) is 19.3 Å². The number of hydrogen-bond acceptors (Lipinski definition) is 5. The van der Waals surface area contributed by atoms with Crippen LogP contribution in [0.2, 0.25) is 0 Å². The van der Waals surface area contributed by atoms with Gasteiger partial charge in [-0.25, -0.2) is 0 Å². The molecule has 0 aliphatic heterocycles. The van der Waals surface area contributed by atoms with Crippen molar-refractivity contribution in [3.8, 4) is 0 Å². The van der Waals surface area contributed by atoms with Gasteiger partial charge in [-0.05, 0) is 44.1 Å². The van der Waals surface area contributed by atoms with E-state index in [1.54, 1.807) is 44.4 Å². The number of aromatic nitrogens is 1. The second-order valence-corrected chi connectivity index (χ2v) is 7.80. The number of non-ortho nitro benzene ring substituents is 1. The van der Waals surface area contributed by atoms with Gasteiger partial charge in [0.1, 0.15) is 6.29 Å². The van der Waals surface area contributed by atoms with Crippen molar-refractivity contribution in [3.05, 3.63) is 76.0 Å². The number of nitro benzene ring substituents is 1. The Morgan fingerprint density at radius 2 is 1.81 bits per heavy atom. The molecule has 0 aliphatic carbocycles. The van der Waals surface area contributed by atoms with Crippen LogP contribution in [0.15, 0.2) is 54.7 Å². The Morgan fingerprint density at radius 3 is 2.42 bits per heavy atom. The Bertz CT molecular complexity index is 1080. The number of likely N-dealkylation sites (N-methyl/N-ethyl adjacent to an activating group) is 2. The number of carbonyl (C=O) groups is 2. The SMILES string of the molecule is CN(C)C(Cc1c[nH]c2cccc([N+](=O)[O-])c12)C(=O)N(C)C(C=O)Cc1ccccc1. The quantitative estimate of drug-likeness (QED) is 0.325. The summed E-state index contributed by atoms with van der Waals surface area (Å²) >= 11 is 0. The summed E-state index contributed by atoms with van der Waals surface area (Å²) in [6.07, 6.45) is 3.19. The van der Waals surface area contributed by atoms with Crippen LogP contribution in [0, 0.1) is 10.1 Å². The first-order chi connectivity index (χ1) is 14.8. The molecule has 0 bridgehead atoms. The van der Waals surface area contributed by atoms with E-state index in [0.29, 0.717) is 22.9 Å². The van der Waals surface area contributed by atoms with E-state index in [4.69, 9.17) is 0 Å². The highest BCUT2D eigenvalue weighted by Gasteiger charge is 2.30. The molecule has 2 unspecified atom stereocenters. The van der Waals surface area contributed by atoms with Gasteiger partial charge >= 0.3 is 0 Å². The van der Waals surface area contributed by atoms with Crippen molar-refractivity contribution in [1.29, 1.82) is 0 Å². The number of H-pyrrole nitrogens is 1. The van der Waals surface area contributed by atoms with Gasteiger partial charge in [-0.2, -0.15) is 0 Å². The molecular weight excluding hydrogens is 396 g/mol. The first kappa shape index (κ1) is 22.2. The first-order valence-electron chi connectivity index (χ1n) is 9.99. The summed E-state index contributed by atoms with van der Waals surface area (Å²) in [5.41, 5.74) is 2.31. The minimum atomic E-state index is -0.602. The minimum Gasteiger partial charge on any atom is -0.361 e. The number of rotatable bonds is 9. The molecule has 0 aliphatic rings. The lowest BCUT2D eigenvalue weighted by atomic mass is 10.0. The number of carbonyl (C=O) groups excluding carboxylic acids is 2. The third-order valence-electron chi connectivity index (χ3n) is 5.57. The Kier molecular flexibility index (Phi) is 6.81. The van der Waals surface area contributed by atoms with Gasteiger partial charge in [0.15, 0.2) is 0 Å². The van der Waals surface area contributed by atoms with E-state index in [-0.39, 0.29) is 18.0 Å². The van der Waals surface area contributed by atoms with Crippen LogP contribution in [0.5, 0.6) is 0 Å². The molecule has 0 radical (unpaired) electrons. The molecule has 8 heteroatoms. The molecule has 3 rings (SSSR count). The zero-order valence-corrected chi connectivity index (χ0v) is 17.8. The van der Waals surface area contributed by atoms with E-state index < -0.39 is 17.0 Å². The Hall–Kier alpha value is -3.52. The lowest BCUT2D eigenvalue weighted by molar-refractivity contribution is -0.383. The third-order valence-corrected chi connectivity index (χ3v) is 5.57. The van der Waals surface area contributed by atoms with Crippen LogP contribution >= 0.6 is 0 Å². The van der Waals surface area contributed by atoms with Crippen LogP contribution in [-0.2, 0) is 22.4 Å². The highest BCUT2D eigenvalue weighted by atomic mass is 16.6. The number of nitro groups is 1. The smallest absolute Gasteiger partial charge is 0.279 e. The van der Waals surface area contributed by atoms with Crippen molar-refractivity contribution in [2.45, 2.75) is 24.9 Å². The number of hydrogen-bond donors (Lipinski definition) is 1. The molecular formula is C23H26N4O4. The normalized spacial score (nSPS) is 13.2. The van der Waals surface area contributed by atoms with E-state index in [0.717, 1.165) is 11.8 Å². The van der Waals surface area contributed by atoms with E-state index >= 15 is 0 Å². The van der Waals surface area contributed by atoms with Gasteiger partial charge in [-0.3, -0.25) is 19.8 Å². The summed E-state index contributed by atoms with van der Waals surface area (Å²) in [7, 11) is 5.19. The van der Waals surface area contributed by atoms with E-state index in [1.807, 2.05) is 30.3 Å². The summed E-state index contributed by atoms with van der Waals surface area (Å²) in [6, 6.07) is 13.2. The van der Waals surface area contributed by atoms with E-state index in [2.05, 4.69) is 4.98 Å². The zero-order valence-electron chi connectivity index (χ0n) is 17.8. The molecule has 0 saturated carbocycles. The number of fused-ring (bicyclic) bond motifs is 1. The second kappa shape index (κ2) is 9.53. The average molecular weight is 422 g/mol. The summed E-state index contributed by atoms with van der Waals surface area (Å²) in [5.74, 6) is -0.217. The molecule has 0 fully saturated rings. The van der Waals surface area contributed by atoms with Crippen LogP contribution in [-0.4, -0.2) is 65.1 Å². The molecule has 2 aromatic carbocycles. The lowest BCUT2D eigenvalue weighted by Gasteiger charge is -2.31. The summed E-state index contributed by atoms with van der Waals surface area (Å²) < 4.78 is 0. The second-order valence-electron chi connectivity index (χ2n) is 7.80. The highest BCUT2D eigenvalue weighted by molar-refractivity contribution is 5.93. The van der Waals surface area contributed by atoms with Gasteiger partial charge in [-0.15, -0.1) is 0 Å². The average Bonchev–Trinajstić information content (AvgIpc) is 3.18. The topological polar surface area (TPSA) is 99.6 Å². The summed E-state index contributed by atoms with van der Waals surface area (Å²) in [5, 5.41) is 12.0. The third kappa shape index (κ3) is 4.80. The lowest BCUT2D eigenvalue weighted by Crippen LogP contribution is -2.50. The van der Waals surface area contributed by atoms with Crippen molar-refractivity contribution in [1.82, 2.24) is 14.8 Å². The Labute approximate surface area is 180 Å². The fourth-order valence-corrected chi connectivity index (χ4v) is 3.78. The number of aldehydes is 1. The molecule has 31 heavy (non-hydrogen) atoms. The van der Waals surface area contributed by atoms with Crippen LogP contribution in [0.4, 0.5) is 5.69 Å². The molecule has 1 aromatic heterocycles. The van der Waals surface area contributed by atoms with Crippen molar-refractivity contribution >= 4 is 28.8 Å². The molecule has 0 saturated heterocycles. The predicted octanol–water partition coefficient (Wildman–Crippen LogP) is 2.82. The first-order valence-corrected chi connectivity index (χ1v) is 9.99. The van der Waals surface area contributed by atoms with Crippen molar-refractivity contribution in [2.75, 3.05) is 21.1 Å². The number of aromatic amines is 1. The molecule has 162 valence electrons. The molecule has 0 spiro atoms. The van der Waals surface area contributed by atoms with Crippen molar-refractivity contribution in [2.24, 2.45) is 0 Å².